The van der Waals surface area contributed by atoms with Crippen LogP contribution in [0.25, 0.3) is 11.3 Å². The maximum atomic E-state index is 4.56. The fourth-order valence-corrected chi connectivity index (χ4v) is 4.12. The molecular weight excluding hydrogens is 358 g/mol. The largest absolute Gasteiger partial charge is 0.371 e. The van der Waals surface area contributed by atoms with Crippen molar-refractivity contribution in [3.8, 4) is 11.3 Å². The third-order valence-electron chi connectivity index (χ3n) is 5.56. The van der Waals surface area contributed by atoms with Crippen molar-refractivity contribution in [2.75, 3.05) is 18.0 Å². The summed E-state index contributed by atoms with van der Waals surface area (Å²) in [5, 5.41) is 3.81. The molecule has 3 aromatic rings. The molecule has 5 nitrogen and oxygen atoms in total. The number of hydrogen-bond donors (Lipinski definition) is 1. The van der Waals surface area contributed by atoms with Crippen molar-refractivity contribution >= 4 is 5.69 Å². The molecule has 1 saturated heterocycles. The van der Waals surface area contributed by atoms with E-state index in [0.717, 1.165) is 49.4 Å². The summed E-state index contributed by atoms with van der Waals surface area (Å²) in [6.07, 6.45) is 8.97. The van der Waals surface area contributed by atoms with Crippen molar-refractivity contribution in [1.82, 2.24) is 20.3 Å². The molecule has 1 aliphatic heterocycles. The van der Waals surface area contributed by atoms with E-state index in [1.54, 1.807) is 0 Å². The van der Waals surface area contributed by atoms with Crippen LogP contribution in [0.3, 0.4) is 0 Å². The Morgan fingerprint density at radius 2 is 1.97 bits per heavy atom. The normalized spacial score (nSPS) is 16.0. The van der Waals surface area contributed by atoms with Gasteiger partial charge in [0, 0.05) is 55.0 Å². The zero-order valence-corrected chi connectivity index (χ0v) is 17.3. The number of nitrogens with one attached hydrogen (secondary N) is 1. The van der Waals surface area contributed by atoms with Gasteiger partial charge in [-0.15, -0.1) is 0 Å². The molecular formula is C24H29N5. The Hall–Kier alpha value is -2.79. The Kier molecular flexibility index (Phi) is 6.15. The Labute approximate surface area is 173 Å². The van der Waals surface area contributed by atoms with Crippen LogP contribution in [0.2, 0.25) is 0 Å². The number of benzene rings is 1. The van der Waals surface area contributed by atoms with Gasteiger partial charge in [0.1, 0.15) is 5.82 Å². The summed E-state index contributed by atoms with van der Waals surface area (Å²) in [5.74, 6) is 0.806. The summed E-state index contributed by atoms with van der Waals surface area (Å²) in [6, 6.07) is 15.9. The van der Waals surface area contributed by atoms with Gasteiger partial charge in [0.2, 0.25) is 0 Å². The van der Waals surface area contributed by atoms with E-state index in [4.69, 9.17) is 0 Å². The van der Waals surface area contributed by atoms with Crippen LogP contribution in [0.1, 0.15) is 31.2 Å². The van der Waals surface area contributed by atoms with Crippen LogP contribution in [-0.4, -0.2) is 40.1 Å². The Morgan fingerprint density at radius 1 is 1.10 bits per heavy atom. The lowest BCUT2D eigenvalue weighted by Gasteiger charge is -2.35. The molecule has 1 aromatic carbocycles. The van der Waals surface area contributed by atoms with Crippen molar-refractivity contribution in [2.45, 2.75) is 45.2 Å². The zero-order valence-electron chi connectivity index (χ0n) is 17.3. The van der Waals surface area contributed by atoms with Gasteiger partial charge in [-0.2, -0.15) is 0 Å². The standard InChI is InChI=1S/C24H29N5/c1-18(15-20-5-4-11-25-17-20)27-22-9-13-29(14-10-22)23-7-3-6-21(16-23)24-8-12-26-19(2)28-24/h3-8,11-12,16-18,22,27H,9-10,13-15H2,1-2H3/t18-/m1/s1. The molecule has 1 N–H and O–H groups in total. The van der Waals surface area contributed by atoms with Crippen molar-refractivity contribution in [3.63, 3.8) is 0 Å². The minimum atomic E-state index is 0.458. The first-order chi connectivity index (χ1) is 14.2. The van der Waals surface area contributed by atoms with Crippen LogP contribution in [0.15, 0.2) is 61.1 Å². The first-order valence-corrected chi connectivity index (χ1v) is 10.5. The molecule has 5 heteroatoms. The van der Waals surface area contributed by atoms with Crippen LogP contribution in [0.4, 0.5) is 5.69 Å². The molecule has 1 atom stereocenters. The molecule has 2 aromatic heterocycles. The molecule has 29 heavy (non-hydrogen) atoms. The maximum Gasteiger partial charge on any atom is 0.125 e. The van der Waals surface area contributed by atoms with E-state index < -0.39 is 0 Å². The summed E-state index contributed by atoms with van der Waals surface area (Å²) in [4.78, 5) is 15.5. The average molecular weight is 388 g/mol. The van der Waals surface area contributed by atoms with Gasteiger partial charge in [0.15, 0.2) is 0 Å². The van der Waals surface area contributed by atoms with Crippen LogP contribution in [0, 0.1) is 6.92 Å². The van der Waals surface area contributed by atoms with Crippen LogP contribution in [0.5, 0.6) is 0 Å². The molecule has 0 bridgehead atoms. The molecule has 0 unspecified atom stereocenters. The van der Waals surface area contributed by atoms with Gasteiger partial charge < -0.3 is 10.2 Å². The van der Waals surface area contributed by atoms with E-state index in [9.17, 15) is 0 Å². The van der Waals surface area contributed by atoms with E-state index in [0.29, 0.717) is 12.1 Å². The number of anilines is 1. The SMILES string of the molecule is Cc1nccc(-c2cccc(N3CCC(N[C@H](C)Cc4cccnc4)CC3)c2)n1. The summed E-state index contributed by atoms with van der Waals surface area (Å²) in [7, 11) is 0. The molecule has 150 valence electrons. The third-order valence-corrected chi connectivity index (χ3v) is 5.56. The average Bonchev–Trinajstić information content (AvgIpc) is 2.75. The fourth-order valence-electron chi connectivity index (χ4n) is 4.12. The van der Waals surface area contributed by atoms with Crippen molar-refractivity contribution in [2.24, 2.45) is 0 Å². The highest BCUT2D eigenvalue weighted by Gasteiger charge is 2.21. The number of pyridine rings is 1. The predicted molar refractivity (Wildman–Crippen MR) is 118 cm³/mol. The molecule has 0 saturated carbocycles. The van der Waals surface area contributed by atoms with Crippen molar-refractivity contribution in [1.29, 1.82) is 0 Å². The van der Waals surface area contributed by atoms with E-state index in [1.807, 2.05) is 37.6 Å². The Balaban J connectivity index is 1.33. The lowest BCUT2D eigenvalue weighted by atomic mass is 10.0. The van der Waals surface area contributed by atoms with Gasteiger partial charge >= 0.3 is 0 Å². The first-order valence-electron chi connectivity index (χ1n) is 10.5. The highest BCUT2D eigenvalue weighted by atomic mass is 15.1. The van der Waals surface area contributed by atoms with Gasteiger partial charge in [0.25, 0.3) is 0 Å². The van der Waals surface area contributed by atoms with E-state index in [-0.39, 0.29) is 0 Å². The van der Waals surface area contributed by atoms with Gasteiger partial charge in [-0.1, -0.05) is 18.2 Å². The van der Waals surface area contributed by atoms with Crippen molar-refractivity contribution in [3.05, 3.63) is 72.4 Å². The van der Waals surface area contributed by atoms with Gasteiger partial charge in [-0.05, 0) is 62.9 Å². The Bertz CT molecular complexity index is 919. The number of nitrogens with zero attached hydrogens (tertiary/aromatic N) is 4. The molecule has 0 radical (unpaired) electrons. The Morgan fingerprint density at radius 3 is 2.72 bits per heavy atom. The van der Waals surface area contributed by atoms with E-state index in [1.165, 1.54) is 11.3 Å². The smallest absolute Gasteiger partial charge is 0.125 e. The van der Waals surface area contributed by atoms with Gasteiger partial charge in [-0.3, -0.25) is 4.98 Å². The molecule has 1 fully saturated rings. The van der Waals surface area contributed by atoms with Crippen LogP contribution < -0.4 is 10.2 Å². The predicted octanol–water partition coefficient (Wildman–Crippen LogP) is 4.04. The topological polar surface area (TPSA) is 53.9 Å². The van der Waals surface area contributed by atoms with Crippen LogP contribution in [-0.2, 0) is 6.42 Å². The molecule has 0 spiro atoms. The molecule has 0 aliphatic carbocycles. The highest BCUT2D eigenvalue weighted by molar-refractivity contribution is 5.65. The summed E-state index contributed by atoms with van der Waals surface area (Å²) in [6.45, 7) is 6.35. The highest BCUT2D eigenvalue weighted by Crippen LogP contribution is 2.26. The zero-order chi connectivity index (χ0) is 20.1. The van der Waals surface area contributed by atoms with Crippen LogP contribution >= 0.6 is 0 Å². The second-order valence-corrected chi connectivity index (χ2v) is 7.93. The quantitative estimate of drug-likeness (QED) is 0.692. The third kappa shape index (κ3) is 5.18. The number of piperidine rings is 1. The second kappa shape index (κ2) is 9.14. The molecule has 3 heterocycles. The summed E-state index contributed by atoms with van der Waals surface area (Å²) >= 11 is 0. The first kappa shape index (κ1) is 19.5. The number of rotatable bonds is 6. The minimum Gasteiger partial charge on any atom is -0.371 e. The van der Waals surface area contributed by atoms with Gasteiger partial charge in [-0.25, -0.2) is 9.97 Å². The maximum absolute atomic E-state index is 4.56. The van der Waals surface area contributed by atoms with E-state index in [2.05, 4.69) is 62.4 Å². The number of aryl methyl sites for hydroxylation is 1. The number of aromatic nitrogens is 3. The monoisotopic (exact) mass is 387 g/mol. The lowest BCUT2D eigenvalue weighted by molar-refractivity contribution is 0.375. The molecule has 1 aliphatic rings. The van der Waals surface area contributed by atoms with E-state index >= 15 is 0 Å². The second-order valence-electron chi connectivity index (χ2n) is 7.93. The molecule has 4 rings (SSSR count). The summed E-state index contributed by atoms with van der Waals surface area (Å²) in [5.41, 5.74) is 4.71. The number of hydrogen-bond acceptors (Lipinski definition) is 5. The van der Waals surface area contributed by atoms with Gasteiger partial charge in [0.05, 0.1) is 5.69 Å². The van der Waals surface area contributed by atoms with Crippen molar-refractivity contribution < 1.29 is 0 Å². The summed E-state index contributed by atoms with van der Waals surface area (Å²) < 4.78 is 0. The minimum absolute atomic E-state index is 0.458. The lowest BCUT2D eigenvalue weighted by Crippen LogP contribution is -2.46. The molecule has 0 amide bonds. The fraction of sp³-hybridized carbons (Fsp3) is 0.375.